The molecule has 0 radical (unpaired) electrons. The number of fused-ring (bicyclic) bond motifs is 1. The second-order valence-corrected chi connectivity index (χ2v) is 5.14. The number of nitrogens with zero attached hydrogens (tertiary/aromatic N) is 2. The van der Waals surface area contributed by atoms with Crippen LogP contribution in [0, 0.1) is 0 Å². The fourth-order valence-corrected chi connectivity index (χ4v) is 2.06. The average molecular weight is 217 g/mol. The lowest BCUT2D eigenvalue weighted by Crippen LogP contribution is -2.18. The van der Waals surface area contributed by atoms with Crippen LogP contribution in [0.1, 0.15) is 33.5 Å². The Morgan fingerprint density at radius 3 is 2.56 bits per heavy atom. The van der Waals surface area contributed by atoms with E-state index in [1.165, 1.54) is 0 Å². The smallest absolute Gasteiger partial charge is 0.115 e. The monoisotopic (exact) mass is 217 g/mol. The quantitative estimate of drug-likeness (QED) is 0.746. The summed E-state index contributed by atoms with van der Waals surface area (Å²) in [6.45, 7) is 9.59. The van der Waals surface area contributed by atoms with Crippen LogP contribution < -0.4 is 5.73 Å². The maximum atomic E-state index is 5.96. The number of aryl methyl sites for hydroxylation is 1. The molecule has 3 nitrogen and oxygen atoms in total. The third-order valence-corrected chi connectivity index (χ3v) is 2.80. The summed E-state index contributed by atoms with van der Waals surface area (Å²) in [5.41, 5.74) is 8.82. The third kappa shape index (κ3) is 1.56. The molecule has 0 saturated heterocycles. The summed E-state index contributed by atoms with van der Waals surface area (Å²) in [6, 6.07) is 5.97. The Balaban J connectivity index is 2.81. The molecule has 3 heteroatoms. The molecule has 0 unspecified atom stereocenters. The Morgan fingerprint density at radius 1 is 1.31 bits per heavy atom. The molecule has 1 aromatic carbocycles. The summed E-state index contributed by atoms with van der Waals surface area (Å²) in [5.74, 6) is 1.10. The Kier molecular flexibility index (Phi) is 2.41. The van der Waals surface area contributed by atoms with Crippen molar-refractivity contribution in [1.29, 1.82) is 0 Å². The molecule has 0 spiro atoms. The van der Waals surface area contributed by atoms with Gasteiger partial charge in [0.05, 0.1) is 11.2 Å². The van der Waals surface area contributed by atoms with Gasteiger partial charge in [-0.2, -0.15) is 0 Å². The average Bonchev–Trinajstić information content (AvgIpc) is 2.57. The zero-order valence-corrected chi connectivity index (χ0v) is 10.4. The first-order valence-corrected chi connectivity index (χ1v) is 5.70. The Bertz CT molecular complexity index is 518. The van der Waals surface area contributed by atoms with E-state index >= 15 is 0 Å². The van der Waals surface area contributed by atoms with Crippen molar-refractivity contribution >= 4 is 16.7 Å². The lowest BCUT2D eigenvalue weighted by atomic mass is 9.96. The summed E-state index contributed by atoms with van der Waals surface area (Å²) < 4.78 is 2.24. The summed E-state index contributed by atoms with van der Waals surface area (Å²) in [5, 5.41) is 0. The predicted octanol–water partition coefficient (Wildman–Crippen LogP) is 2.94. The van der Waals surface area contributed by atoms with Crippen molar-refractivity contribution in [3.8, 4) is 0 Å². The summed E-state index contributed by atoms with van der Waals surface area (Å²) >= 11 is 0. The number of imidazole rings is 1. The van der Waals surface area contributed by atoms with E-state index in [2.05, 4.69) is 38.3 Å². The minimum absolute atomic E-state index is 0.0431. The number of nitrogens with two attached hydrogens (primary N) is 1. The van der Waals surface area contributed by atoms with Gasteiger partial charge in [0.1, 0.15) is 11.3 Å². The second kappa shape index (κ2) is 3.51. The van der Waals surface area contributed by atoms with Gasteiger partial charge >= 0.3 is 0 Å². The molecule has 2 N–H and O–H groups in total. The molecule has 0 fully saturated rings. The van der Waals surface area contributed by atoms with Crippen molar-refractivity contribution in [1.82, 2.24) is 9.55 Å². The van der Waals surface area contributed by atoms with E-state index in [-0.39, 0.29) is 5.41 Å². The van der Waals surface area contributed by atoms with E-state index in [0.717, 1.165) is 29.1 Å². The number of hydrogen-bond donors (Lipinski definition) is 1. The highest BCUT2D eigenvalue weighted by Gasteiger charge is 2.22. The molecule has 0 amide bonds. The topological polar surface area (TPSA) is 43.8 Å². The molecular weight excluding hydrogens is 198 g/mol. The summed E-state index contributed by atoms with van der Waals surface area (Å²) in [7, 11) is 0. The Hall–Kier alpha value is -1.51. The van der Waals surface area contributed by atoms with Crippen LogP contribution in [0.4, 0.5) is 5.69 Å². The van der Waals surface area contributed by atoms with Crippen LogP contribution in [0.25, 0.3) is 11.0 Å². The van der Waals surface area contributed by atoms with Crippen LogP contribution in [0.5, 0.6) is 0 Å². The lowest BCUT2D eigenvalue weighted by Gasteiger charge is -2.19. The van der Waals surface area contributed by atoms with Gasteiger partial charge in [0.15, 0.2) is 0 Å². The van der Waals surface area contributed by atoms with Gasteiger partial charge in [-0.15, -0.1) is 0 Å². The van der Waals surface area contributed by atoms with Crippen molar-refractivity contribution < 1.29 is 0 Å². The van der Waals surface area contributed by atoms with Crippen molar-refractivity contribution in [2.24, 2.45) is 0 Å². The van der Waals surface area contributed by atoms with Gasteiger partial charge in [-0.25, -0.2) is 4.98 Å². The molecule has 16 heavy (non-hydrogen) atoms. The van der Waals surface area contributed by atoms with Crippen LogP contribution >= 0.6 is 0 Å². The SMILES string of the molecule is CCn1c(C(C)(C)C)nc2c(N)cccc21. The van der Waals surface area contributed by atoms with E-state index in [9.17, 15) is 0 Å². The van der Waals surface area contributed by atoms with Crippen LogP contribution in [0.2, 0.25) is 0 Å². The molecule has 0 aliphatic carbocycles. The molecule has 86 valence electrons. The Labute approximate surface area is 96.3 Å². The summed E-state index contributed by atoms with van der Waals surface area (Å²) in [4.78, 5) is 4.69. The molecular formula is C13H19N3. The van der Waals surface area contributed by atoms with Crippen LogP contribution in [0.3, 0.4) is 0 Å². The van der Waals surface area contributed by atoms with Crippen molar-refractivity contribution in [2.75, 3.05) is 5.73 Å². The molecule has 0 aliphatic rings. The number of para-hydroxylation sites is 1. The second-order valence-electron chi connectivity index (χ2n) is 5.14. The fraction of sp³-hybridized carbons (Fsp3) is 0.462. The van der Waals surface area contributed by atoms with Crippen LogP contribution in [-0.4, -0.2) is 9.55 Å². The maximum absolute atomic E-state index is 5.96. The predicted molar refractivity (Wildman–Crippen MR) is 68.5 cm³/mol. The Morgan fingerprint density at radius 2 is 2.00 bits per heavy atom. The fourth-order valence-electron chi connectivity index (χ4n) is 2.06. The largest absolute Gasteiger partial charge is 0.397 e. The first-order chi connectivity index (χ1) is 7.45. The van der Waals surface area contributed by atoms with Gasteiger partial charge in [0, 0.05) is 12.0 Å². The summed E-state index contributed by atoms with van der Waals surface area (Å²) in [6.07, 6.45) is 0. The highest BCUT2D eigenvalue weighted by atomic mass is 15.1. The van der Waals surface area contributed by atoms with Gasteiger partial charge in [-0.3, -0.25) is 0 Å². The zero-order valence-electron chi connectivity index (χ0n) is 10.4. The van der Waals surface area contributed by atoms with Crippen molar-refractivity contribution in [3.63, 3.8) is 0 Å². The molecule has 2 rings (SSSR count). The minimum Gasteiger partial charge on any atom is -0.397 e. The van der Waals surface area contributed by atoms with Gasteiger partial charge in [-0.05, 0) is 19.1 Å². The van der Waals surface area contributed by atoms with E-state index in [0.29, 0.717) is 0 Å². The van der Waals surface area contributed by atoms with E-state index in [4.69, 9.17) is 10.7 Å². The van der Waals surface area contributed by atoms with Crippen molar-refractivity contribution in [2.45, 2.75) is 39.7 Å². The van der Waals surface area contributed by atoms with Crippen LogP contribution in [0.15, 0.2) is 18.2 Å². The number of rotatable bonds is 1. The lowest BCUT2D eigenvalue weighted by molar-refractivity contribution is 0.512. The molecule has 0 atom stereocenters. The number of hydrogen-bond acceptors (Lipinski definition) is 2. The highest BCUT2D eigenvalue weighted by Crippen LogP contribution is 2.28. The van der Waals surface area contributed by atoms with Gasteiger partial charge < -0.3 is 10.3 Å². The third-order valence-electron chi connectivity index (χ3n) is 2.80. The highest BCUT2D eigenvalue weighted by molar-refractivity contribution is 5.87. The first-order valence-electron chi connectivity index (χ1n) is 5.70. The number of benzene rings is 1. The molecule has 2 aromatic rings. The van der Waals surface area contributed by atoms with E-state index < -0.39 is 0 Å². The first kappa shape index (κ1) is 11.0. The molecule has 1 aromatic heterocycles. The number of aromatic nitrogens is 2. The normalized spacial score (nSPS) is 12.2. The van der Waals surface area contributed by atoms with E-state index in [1.54, 1.807) is 0 Å². The molecule has 0 aliphatic heterocycles. The van der Waals surface area contributed by atoms with Crippen LogP contribution in [-0.2, 0) is 12.0 Å². The number of anilines is 1. The van der Waals surface area contributed by atoms with Gasteiger partial charge in [0.25, 0.3) is 0 Å². The van der Waals surface area contributed by atoms with Gasteiger partial charge in [0.2, 0.25) is 0 Å². The van der Waals surface area contributed by atoms with E-state index in [1.807, 2.05) is 12.1 Å². The maximum Gasteiger partial charge on any atom is 0.115 e. The molecule has 1 heterocycles. The van der Waals surface area contributed by atoms with Crippen molar-refractivity contribution in [3.05, 3.63) is 24.0 Å². The molecule has 0 bridgehead atoms. The standard InChI is InChI=1S/C13H19N3/c1-5-16-10-8-6-7-9(14)11(10)15-12(16)13(2,3)4/h6-8H,5,14H2,1-4H3. The number of nitrogen functional groups attached to an aromatic ring is 1. The van der Waals surface area contributed by atoms with Gasteiger partial charge in [-0.1, -0.05) is 26.8 Å². The minimum atomic E-state index is 0.0431. The molecule has 0 saturated carbocycles. The zero-order chi connectivity index (χ0) is 11.9.